The molecule has 0 fully saturated rings. The topological polar surface area (TPSA) is 75.3 Å². The van der Waals surface area contributed by atoms with E-state index < -0.39 is 12.0 Å². The number of carbonyl (C=O) groups is 1. The number of hydrogen-bond acceptors (Lipinski definition) is 4. The van der Waals surface area contributed by atoms with Crippen LogP contribution in [0.2, 0.25) is 0 Å². The third-order valence-electron chi connectivity index (χ3n) is 3.07. The molecule has 0 aromatic rings. The van der Waals surface area contributed by atoms with E-state index in [1.165, 1.54) is 5.70 Å². The number of carboxylic acids is 1. The van der Waals surface area contributed by atoms with Crippen molar-refractivity contribution >= 4 is 35.0 Å². The van der Waals surface area contributed by atoms with Gasteiger partial charge in [0.25, 0.3) is 0 Å². The van der Waals surface area contributed by atoms with Crippen LogP contribution in [0.25, 0.3) is 0 Å². The van der Waals surface area contributed by atoms with Gasteiger partial charge in [0.2, 0.25) is 0 Å². The summed E-state index contributed by atoms with van der Waals surface area (Å²) in [6.07, 6.45) is 5.42. The molecule has 1 unspecified atom stereocenters. The molecule has 1 atom stereocenters. The van der Waals surface area contributed by atoms with Gasteiger partial charge in [0.15, 0.2) is 0 Å². The Morgan fingerprint density at radius 2 is 2.22 bits per heavy atom. The van der Waals surface area contributed by atoms with Gasteiger partial charge in [-0.25, -0.2) is 0 Å². The fourth-order valence-electron chi connectivity index (χ4n) is 2.03. The molecule has 0 aromatic carbocycles. The highest BCUT2D eigenvalue weighted by atomic mass is 32.1. The number of carboxylic acid groups (broad SMARTS) is 1. The number of nitrogens with two attached hydrogens (primary N) is 1. The highest BCUT2D eigenvalue weighted by molar-refractivity contribution is 8.11. The summed E-state index contributed by atoms with van der Waals surface area (Å²) in [5, 5.41) is 12.0. The molecule has 18 heavy (non-hydrogen) atoms. The van der Waals surface area contributed by atoms with E-state index in [-0.39, 0.29) is 0 Å². The monoisotopic (exact) mass is 288 g/mol. The number of aliphatic carboxylic acids is 1. The van der Waals surface area contributed by atoms with Crippen LogP contribution in [0.5, 0.6) is 0 Å². The van der Waals surface area contributed by atoms with Crippen LogP contribution in [0.1, 0.15) is 38.5 Å². The number of thiol groups is 1. The molecule has 102 valence electrons. The minimum atomic E-state index is -0.927. The highest BCUT2D eigenvalue weighted by Gasteiger charge is 2.16. The van der Waals surface area contributed by atoms with Crippen LogP contribution in [-0.2, 0) is 4.79 Å². The van der Waals surface area contributed by atoms with Crippen molar-refractivity contribution in [3.63, 3.8) is 0 Å². The second kappa shape index (κ2) is 7.76. The predicted molar refractivity (Wildman–Crippen MR) is 79.9 cm³/mol. The van der Waals surface area contributed by atoms with E-state index in [9.17, 15) is 4.79 Å². The predicted octanol–water partition coefficient (Wildman–Crippen LogP) is 1.85. The molecule has 0 aliphatic heterocycles. The van der Waals surface area contributed by atoms with Gasteiger partial charge in [0, 0.05) is 12.2 Å². The van der Waals surface area contributed by atoms with Crippen molar-refractivity contribution in [3.05, 3.63) is 11.3 Å². The Balaban J connectivity index is 2.20. The Labute approximate surface area is 118 Å². The Morgan fingerprint density at radius 1 is 1.50 bits per heavy atom. The summed E-state index contributed by atoms with van der Waals surface area (Å²) in [5.41, 5.74) is 7.79. The van der Waals surface area contributed by atoms with Crippen molar-refractivity contribution in [2.75, 3.05) is 6.54 Å². The number of rotatable bonds is 8. The van der Waals surface area contributed by atoms with Gasteiger partial charge in [-0.3, -0.25) is 4.79 Å². The van der Waals surface area contributed by atoms with Gasteiger partial charge in [-0.2, -0.15) is 0 Å². The number of unbranched alkanes of at least 4 members (excludes halogenated alkanes) is 1. The molecule has 0 amide bonds. The first-order valence-electron chi connectivity index (χ1n) is 6.20. The first kappa shape index (κ1) is 15.5. The average Bonchev–Trinajstić information content (AvgIpc) is 2.76. The summed E-state index contributed by atoms with van der Waals surface area (Å²) in [6, 6.07) is -0.740. The standard InChI is InChI=1S/C12H20N2O2S2/c13-9(11(15)16)5-1-2-7-14-10-6-3-4-8(10)12(17)18/h9,14H,1-7,13H2,(H,15,16)(H,17,18). The molecular weight excluding hydrogens is 268 g/mol. The van der Waals surface area contributed by atoms with Gasteiger partial charge >= 0.3 is 5.97 Å². The Hall–Kier alpha value is -0.590. The van der Waals surface area contributed by atoms with Crippen molar-refractivity contribution in [1.82, 2.24) is 5.32 Å². The Bertz CT molecular complexity index is 356. The molecule has 0 bridgehead atoms. The van der Waals surface area contributed by atoms with Gasteiger partial charge < -0.3 is 16.2 Å². The van der Waals surface area contributed by atoms with Gasteiger partial charge in [0.1, 0.15) is 6.04 Å². The molecule has 4 N–H and O–H groups in total. The first-order valence-corrected chi connectivity index (χ1v) is 7.05. The zero-order valence-corrected chi connectivity index (χ0v) is 12.0. The van der Waals surface area contributed by atoms with Gasteiger partial charge in [-0.1, -0.05) is 12.2 Å². The van der Waals surface area contributed by atoms with Crippen molar-refractivity contribution in [3.8, 4) is 0 Å². The highest BCUT2D eigenvalue weighted by Crippen LogP contribution is 2.26. The largest absolute Gasteiger partial charge is 0.480 e. The SMILES string of the molecule is NC(CCCCNC1=C(C(=S)S)CCC1)C(=O)O. The second-order valence-electron chi connectivity index (χ2n) is 4.48. The summed E-state index contributed by atoms with van der Waals surface area (Å²) in [5.74, 6) is -0.927. The van der Waals surface area contributed by atoms with Crippen LogP contribution >= 0.6 is 24.8 Å². The summed E-state index contributed by atoms with van der Waals surface area (Å²) in [4.78, 5) is 10.5. The minimum absolute atomic E-state index is 0.522. The summed E-state index contributed by atoms with van der Waals surface area (Å²) < 4.78 is 0.683. The lowest BCUT2D eigenvalue weighted by Crippen LogP contribution is -2.30. The Morgan fingerprint density at radius 3 is 2.83 bits per heavy atom. The van der Waals surface area contributed by atoms with E-state index in [4.69, 9.17) is 23.1 Å². The smallest absolute Gasteiger partial charge is 0.320 e. The zero-order valence-electron chi connectivity index (χ0n) is 10.3. The quantitative estimate of drug-likeness (QED) is 0.312. The molecule has 4 nitrogen and oxygen atoms in total. The Kier molecular flexibility index (Phi) is 6.67. The van der Waals surface area contributed by atoms with E-state index in [1.807, 2.05) is 0 Å². The average molecular weight is 288 g/mol. The van der Waals surface area contributed by atoms with E-state index in [0.29, 0.717) is 10.6 Å². The summed E-state index contributed by atoms with van der Waals surface area (Å²) >= 11 is 9.30. The van der Waals surface area contributed by atoms with E-state index in [2.05, 4.69) is 17.9 Å². The van der Waals surface area contributed by atoms with Crippen LogP contribution in [0.15, 0.2) is 11.3 Å². The normalized spacial score (nSPS) is 16.8. The lowest BCUT2D eigenvalue weighted by molar-refractivity contribution is -0.138. The molecule has 0 spiro atoms. The molecule has 0 saturated carbocycles. The molecule has 0 aromatic heterocycles. The fourth-order valence-corrected chi connectivity index (χ4v) is 2.50. The van der Waals surface area contributed by atoms with E-state index >= 15 is 0 Å². The molecule has 6 heteroatoms. The third-order valence-corrected chi connectivity index (χ3v) is 3.59. The zero-order chi connectivity index (χ0) is 13.5. The van der Waals surface area contributed by atoms with Gasteiger partial charge in [-0.05, 0) is 44.1 Å². The number of thiocarbonyl (C=S) groups is 1. The van der Waals surface area contributed by atoms with Crippen molar-refractivity contribution in [1.29, 1.82) is 0 Å². The van der Waals surface area contributed by atoms with Crippen LogP contribution in [0.4, 0.5) is 0 Å². The van der Waals surface area contributed by atoms with E-state index in [1.54, 1.807) is 0 Å². The second-order valence-corrected chi connectivity index (χ2v) is 5.64. The lowest BCUT2D eigenvalue weighted by Gasteiger charge is -2.10. The summed E-state index contributed by atoms with van der Waals surface area (Å²) in [6.45, 7) is 0.835. The number of allylic oxidation sites excluding steroid dienone is 1. The minimum Gasteiger partial charge on any atom is -0.480 e. The molecule has 1 aliphatic carbocycles. The molecule has 0 radical (unpaired) electrons. The van der Waals surface area contributed by atoms with Gasteiger partial charge in [-0.15, -0.1) is 12.6 Å². The van der Waals surface area contributed by atoms with Crippen molar-refractivity contribution in [2.45, 2.75) is 44.6 Å². The van der Waals surface area contributed by atoms with Crippen molar-refractivity contribution < 1.29 is 9.90 Å². The molecule has 0 saturated heterocycles. The molecule has 0 heterocycles. The lowest BCUT2D eigenvalue weighted by atomic mass is 10.1. The maximum atomic E-state index is 10.5. The van der Waals surface area contributed by atoms with Crippen LogP contribution in [0, 0.1) is 0 Å². The van der Waals surface area contributed by atoms with Gasteiger partial charge in [0.05, 0.1) is 4.20 Å². The molecular formula is C12H20N2O2S2. The van der Waals surface area contributed by atoms with Crippen LogP contribution in [-0.4, -0.2) is 27.9 Å². The van der Waals surface area contributed by atoms with Crippen LogP contribution < -0.4 is 11.1 Å². The van der Waals surface area contributed by atoms with E-state index in [0.717, 1.165) is 44.2 Å². The maximum absolute atomic E-state index is 10.5. The third kappa shape index (κ3) is 4.96. The fraction of sp³-hybridized carbons (Fsp3) is 0.667. The molecule has 1 rings (SSSR count). The van der Waals surface area contributed by atoms with Crippen molar-refractivity contribution in [2.24, 2.45) is 5.73 Å². The summed E-state index contributed by atoms with van der Waals surface area (Å²) in [7, 11) is 0. The number of nitrogens with one attached hydrogen (secondary N) is 1. The van der Waals surface area contributed by atoms with Crippen LogP contribution in [0.3, 0.4) is 0 Å². The molecule has 1 aliphatic rings. The number of hydrogen-bond donors (Lipinski definition) is 4. The maximum Gasteiger partial charge on any atom is 0.320 e. The first-order chi connectivity index (χ1) is 8.52.